The molecular weight excluding hydrogens is 307 g/mol. The van der Waals surface area contributed by atoms with E-state index in [1.54, 1.807) is 12.3 Å². The highest BCUT2D eigenvalue weighted by Gasteiger charge is 2.21. The summed E-state index contributed by atoms with van der Waals surface area (Å²) in [5, 5.41) is 11.4. The number of nitrogens with zero attached hydrogens (tertiary/aromatic N) is 5. The SMILES string of the molecule is CC(C)CNc1cnnc(N2CCN(c3ccccc3F)CC2)n1. The first kappa shape index (κ1) is 16.4. The zero-order valence-electron chi connectivity index (χ0n) is 14.1. The molecular formula is C17H23FN6. The van der Waals surface area contributed by atoms with Gasteiger partial charge in [-0.15, -0.1) is 5.10 Å². The van der Waals surface area contributed by atoms with Crippen LogP contribution >= 0.6 is 0 Å². The Morgan fingerprint density at radius 3 is 2.54 bits per heavy atom. The Hall–Kier alpha value is -2.44. The predicted molar refractivity (Wildman–Crippen MR) is 94.0 cm³/mol. The smallest absolute Gasteiger partial charge is 0.247 e. The molecule has 7 heteroatoms. The highest BCUT2D eigenvalue weighted by atomic mass is 19.1. The van der Waals surface area contributed by atoms with Crippen molar-refractivity contribution >= 4 is 17.5 Å². The second kappa shape index (κ2) is 7.42. The quantitative estimate of drug-likeness (QED) is 0.908. The van der Waals surface area contributed by atoms with E-state index in [-0.39, 0.29) is 5.82 Å². The summed E-state index contributed by atoms with van der Waals surface area (Å²) in [6.07, 6.45) is 1.64. The molecule has 1 N–H and O–H groups in total. The van der Waals surface area contributed by atoms with Crippen molar-refractivity contribution < 1.29 is 4.39 Å². The van der Waals surface area contributed by atoms with Crippen LogP contribution in [0, 0.1) is 11.7 Å². The number of anilines is 3. The minimum absolute atomic E-state index is 0.177. The molecule has 1 aliphatic rings. The summed E-state index contributed by atoms with van der Waals surface area (Å²) < 4.78 is 13.9. The number of hydrogen-bond donors (Lipinski definition) is 1. The molecule has 0 unspecified atom stereocenters. The lowest BCUT2D eigenvalue weighted by molar-refractivity contribution is 0.592. The zero-order valence-corrected chi connectivity index (χ0v) is 14.1. The zero-order chi connectivity index (χ0) is 16.9. The normalized spacial score (nSPS) is 15.0. The summed E-state index contributed by atoms with van der Waals surface area (Å²) in [7, 11) is 0. The van der Waals surface area contributed by atoms with Gasteiger partial charge in [0.1, 0.15) is 5.82 Å². The average molecular weight is 330 g/mol. The third kappa shape index (κ3) is 3.90. The fraction of sp³-hybridized carbons (Fsp3) is 0.471. The van der Waals surface area contributed by atoms with Crippen LogP contribution < -0.4 is 15.1 Å². The van der Waals surface area contributed by atoms with E-state index < -0.39 is 0 Å². The highest BCUT2D eigenvalue weighted by molar-refractivity contribution is 5.50. The Balaban J connectivity index is 1.62. The van der Waals surface area contributed by atoms with Crippen molar-refractivity contribution in [3.8, 4) is 0 Å². The molecule has 128 valence electrons. The summed E-state index contributed by atoms with van der Waals surface area (Å²) in [4.78, 5) is 8.68. The molecule has 0 bridgehead atoms. The fourth-order valence-electron chi connectivity index (χ4n) is 2.68. The van der Waals surface area contributed by atoms with Crippen molar-refractivity contribution in [3.05, 3.63) is 36.3 Å². The van der Waals surface area contributed by atoms with Crippen molar-refractivity contribution in [3.63, 3.8) is 0 Å². The minimum atomic E-state index is -0.177. The minimum Gasteiger partial charge on any atom is -0.368 e. The topological polar surface area (TPSA) is 57.2 Å². The van der Waals surface area contributed by atoms with Crippen LogP contribution in [0.2, 0.25) is 0 Å². The van der Waals surface area contributed by atoms with Crippen LogP contribution in [0.3, 0.4) is 0 Å². The molecule has 6 nitrogen and oxygen atoms in total. The second-order valence-electron chi connectivity index (χ2n) is 6.34. The van der Waals surface area contributed by atoms with E-state index in [1.165, 1.54) is 6.07 Å². The van der Waals surface area contributed by atoms with Crippen LogP contribution in [-0.2, 0) is 0 Å². The first-order valence-electron chi connectivity index (χ1n) is 8.31. The summed E-state index contributed by atoms with van der Waals surface area (Å²) in [5.41, 5.74) is 0.656. The number of hydrogen-bond acceptors (Lipinski definition) is 6. The molecule has 3 rings (SSSR count). The predicted octanol–water partition coefficient (Wildman–Crippen LogP) is 2.41. The Morgan fingerprint density at radius 1 is 1.12 bits per heavy atom. The van der Waals surface area contributed by atoms with Gasteiger partial charge in [-0.2, -0.15) is 10.1 Å². The number of benzene rings is 1. The molecule has 2 heterocycles. The lowest BCUT2D eigenvalue weighted by atomic mass is 10.2. The Labute approximate surface area is 141 Å². The van der Waals surface area contributed by atoms with Gasteiger partial charge in [0.05, 0.1) is 11.9 Å². The molecule has 1 saturated heterocycles. The highest BCUT2D eigenvalue weighted by Crippen LogP contribution is 2.21. The number of aromatic nitrogens is 3. The third-order valence-corrected chi connectivity index (χ3v) is 3.99. The molecule has 1 aromatic heterocycles. The fourth-order valence-corrected chi connectivity index (χ4v) is 2.68. The number of piperazine rings is 1. The van der Waals surface area contributed by atoms with Crippen molar-refractivity contribution in [2.45, 2.75) is 13.8 Å². The van der Waals surface area contributed by atoms with E-state index in [0.29, 0.717) is 17.6 Å². The van der Waals surface area contributed by atoms with Gasteiger partial charge in [-0.25, -0.2) is 4.39 Å². The first-order valence-corrected chi connectivity index (χ1v) is 8.31. The average Bonchev–Trinajstić information content (AvgIpc) is 2.61. The van der Waals surface area contributed by atoms with Crippen LogP contribution in [0.15, 0.2) is 30.5 Å². The molecule has 1 aromatic carbocycles. The van der Waals surface area contributed by atoms with Gasteiger partial charge in [-0.1, -0.05) is 26.0 Å². The Kier molecular flexibility index (Phi) is 5.08. The van der Waals surface area contributed by atoms with Gasteiger partial charge in [0.2, 0.25) is 5.95 Å². The van der Waals surface area contributed by atoms with Gasteiger partial charge in [0.25, 0.3) is 0 Å². The number of para-hydroxylation sites is 1. The second-order valence-corrected chi connectivity index (χ2v) is 6.34. The maximum absolute atomic E-state index is 13.9. The Morgan fingerprint density at radius 2 is 1.83 bits per heavy atom. The van der Waals surface area contributed by atoms with Crippen LogP contribution in [0.4, 0.5) is 21.8 Å². The lowest BCUT2D eigenvalue weighted by Crippen LogP contribution is -2.47. The number of halogens is 1. The van der Waals surface area contributed by atoms with E-state index in [9.17, 15) is 4.39 Å². The van der Waals surface area contributed by atoms with Crippen LogP contribution in [0.25, 0.3) is 0 Å². The maximum Gasteiger partial charge on any atom is 0.247 e. The molecule has 0 amide bonds. The van der Waals surface area contributed by atoms with Crippen molar-refractivity contribution in [1.82, 2.24) is 15.2 Å². The van der Waals surface area contributed by atoms with Gasteiger partial charge in [0.15, 0.2) is 5.82 Å². The third-order valence-electron chi connectivity index (χ3n) is 3.99. The maximum atomic E-state index is 13.9. The van der Waals surface area contributed by atoms with Gasteiger partial charge in [-0.05, 0) is 18.1 Å². The lowest BCUT2D eigenvalue weighted by Gasteiger charge is -2.36. The van der Waals surface area contributed by atoms with Crippen molar-refractivity contribution in [2.75, 3.05) is 47.8 Å². The Bertz CT molecular complexity index is 670. The van der Waals surface area contributed by atoms with Gasteiger partial charge < -0.3 is 15.1 Å². The van der Waals surface area contributed by atoms with Gasteiger partial charge >= 0.3 is 0 Å². The molecule has 0 atom stereocenters. The molecule has 24 heavy (non-hydrogen) atoms. The molecule has 0 spiro atoms. The summed E-state index contributed by atoms with van der Waals surface area (Å²) in [5.74, 6) is 1.72. The molecule has 0 aliphatic carbocycles. The first-order chi connectivity index (χ1) is 11.6. The van der Waals surface area contributed by atoms with Crippen molar-refractivity contribution in [2.24, 2.45) is 5.92 Å². The van der Waals surface area contributed by atoms with E-state index in [0.717, 1.165) is 38.5 Å². The van der Waals surface area contributed by atoms with E-state index >= 15 is 0 Å². The van der Waals surface area contributed by atoms with Gasteiger partial charge in [0, 0.05) is 32.7 Å². The van der Waals surface area contributed by atoms with E-state index in [2.05, 4.69) is 44.1 Å². The van der Waals surface area contributed by atoms with Crippen LogP contribution in [0.1, 0.15) is 13.8 Å². The summed E-state index contributed by atoms with van der Waals surface area (Å²) in [6.45, 7) is 8.07. The summed E-state index contributed by atoms with van der Waals surface area (Å²) in [6, 6.07) is 6.89. The summed E-state index contributed by atoms with van der Waals surface area (Å²) >= 11 is 0. The van der Waals surface area contributed by atoms with Crippen molar-refractivity contribution in [1.29, 1.82) is 0 Å². The van der Waals surface area contributed by atoms with Crippen LogP contribution in [-0.4, -0.2) is 47.9 Å². The largest absolute Gasteiger partial charge is 0.368 e. The number of rotatable bonds is 5. The molecule has 0 radical (unpaired) electrons. The molecule has 1 aliphatic heterocycles. The monoisotopic (exact) mass is 330 g/mol. The van der Waals surface area contributed by atoms with E-state index in [1.807, 2.05) is 12.1 Å². The van der Waals surface area contributed by atoms with E-state index in [4.69, 9.17) is 0 Å². The molecule has 2 aromatic rings. The van der Waals surface area contributed by atoms with Gasteiger partial charge in [-0.3, -0.25) is 0 Å². The number of nitrogens with one attached hydrogen (secondary N) is 1. The standard InChI is InChI=1S/C17H23FN6/c1-13(2)11-19-16-12-20-22-17(21-16)24-9-7-23(8-10-24)15-6-4-3-5-14(15)18/h3-6,12-13H,7-11H2,1-2H3,(H,19,21,22). The molecule has 1 fully saturated rings. The van der Waals surface area contributed by atoms with Crippen LogP contribution in [0.5, 0.6) is 0 Å². The molecule has 0 saturated carbocycles.